The molecular formula is C9H16N2O2S. The van der Waals surface area contributed by atoms with Crippen LogP contribution in [0.15, 0.2) is 0 Å². The van der Waals surface area contributed by atoms with Crippen molar-refractivity contribution in [2.75, 3.05) is 13.1 Å². The summed E-state index contributed by atoms with van der Waals surface area (Å²) in [4.78, 5) is 13.6. The zero-order chi connectivity index (χ0) is 10.7. The normalized spacial score (nSPS) is 27.4. The monoisotopic (exact) mass is 216 g/mol. The van der Waals surface area contributed by atoms with Crippen LogP contribution in [0, 0.1) is 0 Å². The van der Waals surface area contributed by atoms with E-state index >= 15 is 0 Å². The molecule has 80 valence electrons. The number of hydrogen-bond acceptors (Lipinski definition) is 3. The van der Waals surface area contributed by atoms with Crippen LogP contribution in [0.2, 0.25) is 0 Å². The van der Waals surface area contributed by atoms with E-state index < -0.39 is 0 Å². The second kappa shape index (κ2) is 4.70. The van der Waals surface area contributed by atoms with Crippen molar-refractivity contribution in [3.8, 4) is 0 Å². The molecule has 1 rings (SSSR count). The molecule has 1 aliphatic heterocycles. The maximum Gasteiger partial charge on any atom is 0.229 e. The molecule has 0 saturated carbocycles. The molecule has 2 atom stereocenters. The summed E-state index contributed by atoms with van der Waals surface area (Å²) in [6.45, 7) is 5.17. The van der Waals surface area contributed by atoms with E-state index in [1.165, 1.54) is 0 Å². The van der Waals surface area contributed by atoms with Gasteiger partial charge in [-0.3, -0.25) is 4.79 Å². The van der Waals surface area contributed by atoms with Crippen molar-refractivity contribution in [2.45, 2.75) is 32.5 Å². The van der Waals surface area contributed by atoms with Gasteiger partial charge in [-0.05, 0) is 13.8 Å². The molecule has 4 nitrogen and oxygen atoms in total. The Bertz CT molecular complexity index is 235. The van der Waals surface area contributed by atoms with Crippen molar-refractivity contribution >= 4 is 23.1 Å². The number of nitrogens with zero attached hydrogens (tertiary/aromatic N) is 1. The molecule has 0 aliphatic carbocycles. The summed E-state index contributed by atoms with van der Waals surface area (Å²) in [7, 11) is 0. The molecule has 1 aliphatic rings. The van der Waals surface area contributed by atoms with Crippen LogP contribution in [0.25, 0.3) is 0 Å². The van der Waals surface area contributed by atoms with Crippen molar-refractivity contribution in [3.63, 3.8) is 0 Å². The Balaban J connectivity index is 2.50. The Kier molecular flexibility index (Phi) is 3.83. The molecule has 0 radical (unpaired) electrons. The first-order valence-corrected chi connectivity index (χ1v) is 5.11. The summed E-state index contributed by atoms with van der Waals surface area (Å²) in [6.07, 6.45) is 0.345. The van der Waals surface area contributed by atoms with Gasteiger partial charge < -0.3 is 15.4 Å². The second-order valence-electron chi connectivity index (χ2n) is 3.70. The van der Waals surface area contributed by atoms with Gasteiger partial charge in [-0.15, -0.1) is 0 Å². The van der Waals surface area contributed by atoms with Crippen LogP contribution >= 0.6 is 12.2 Å². The molecule has 0 aromatic carbocycles. The van der Waals surface area contributed by atoms with Gasteiger partial charge in [0.05, 0.1) is 23.6 Å². The zero-order valence-electron chi connectivity index (χ0n) is 8.53. The van der Waals surface area contributed by atoms with E-state index in [9.17, 15) is 4.79 Å². The predicted octanol–water partition coefficient (Wildman–Crippen LogP) is 0.298. The van der Waals surface area contributed by atoms with E-state index in [-0.39, 0.29) is 29.5 Å². The highest BCUT2D eigenvalue weighted by Crippen LogP contribution is 2.11. The second-order valence-corrected chi connectivity index (χ2v) is 4.22. The standard InChI is InChI=1S/C9H16N2O2S/c1-6-4-11(5-7(2)13-6)9(12)3-8(10)14/h6-7H,3-5H2,1-2H3,(H2,10,14)/t6-,7+. The van der Waals surface area contributed by atoms with E-state index in [2.05, 4.69) is 0 Å². The van der Waals surface area contributed by atoms with Crippen molar-refractivity contribution < 1.29 is 9.53 Å². The highest BCUT2D eigenvalue weighted by Gasteiger charge is 2.25. The van der Waals surface area contributed by atoms with Gasteiger partial charge in [-0.2, -0.15) is 0 Å². The number of ether oxygens (including phenoxy) is 1. The van der Waals surface area contributed by atoms with Gasteiger partial charge in [0.25, 0.3) is 0 Å². The molecule has 1 heterocycles. The molecule has 0 aromatic heterocycles. The fourth-order valence-electron chi connectivity index (χ4n) is 1.64. The van der Waals surface area contributed by atoms with Crippen LogP contribution in [0.3, 0.4) is 0 Å². The van der Waals surface area contributed by atoms with Gasteiger partial charge in [-0.1, -0.05) is 12.2 Å². The molecule has 1 amide bonds. The number of nitrogens with two attached hydrogens (primary N) is 1. The highest BCUT2D eigenvalue weighted by atomic mass is 32.1. The first-order chi connectivity index (χ1) is 6.49. The number of thiocarbonyl (C=S) groups is 1. The minimum absolute atomic E-state index is 0.000463. The maximum absolute atomic E-state index is 11.6. The van der Waals surface area contributed by atoms with Crippen LogP contribution in [0.1, 0.15) is 20.3 Å². The number of carbonyl (C=O) groups is 1. The summed E-state index contributed by atoms with van der Waals surface area (Å²) in [5, 5.41) is 0. The van der Waals surface area contributed by atoms with E-state index in [0.717, 1.165) is 0 Å². The zero-order valence-corrected chi connectivity index (χ0v) is 9.34. The summed E-state index contributed by atoms with van der Waals surface area (Å²) in [5.74, 6) is -0.000463. The summed E-state index contributed by atoms with van der Waals surface area (Å²) in [5.41, 5.74) is 5.32. The lowest BCUT2D eigenvalue weighted by molar-refractivity contribution is -0.141. The number of morpholine rings is 1. The number of hydrogen-bond donors (Lipinski definition) is 1. The third-order valence-corrected chi connectivity index (χ3v) is 2.24. The Morgan fingerprint density at radius 3 is 2.43 bits per heavy atom. The minimum Gasteiger partial charge on any atom is -0.393 e. The van der Waals surface area contributed by atoms with Crippen LogP contribution in [-0.4, -0.2) is 41.1 Å². The Labute approximate surface area is 89.4 Å². The Morgan fingerprint density at radius 2 is 2.00 bits per heavy atom. The Morgan fingerprint density at radius 1 is 1.50 bits per heavy atom. The molecule has 1 saturated heterocycles. The lowest BCUT2D eigenvalue weighted by Crippen LogP contribution is -2.48. The van der Waals surface area contributed by atoms with Crippen LogP contribution in [0.5, 0.6) is 0 Å². The van der Waals surface area contributed by atoms with E-state index in [0.29, 0.717) is 13.1 Å². The first-order valence-electron chi connectivity index (χ1n) is 4.70. The summed E-state index contributed by atoms with van der Waals surface area (Å²) in [6, 6.07) is 0. The average Bonchev–Trinajstić information content (AvgIpc) is 2.00. The smallest absolute Gasteiger partial charge is 0.229 e. The van der Waals surface area contributed by atoms with Crippen LogP contribution in [0.4, 0.5) is 0 Å². The van der Waals surface area contributed by atoms with Crippen molar-refractivity contribution in [3.05, 3.63) is 0 Å². The quantitative estimate of drug-likeness (QED) is 0.674. The van der Waals surface area contributed by atoms with E-state index in [1.807, 2.05) is 13.8 Å². The molecule has 1 fully saturated rings. The molecule has 0 aromatic rings. The van der Waals surface area contributed by atoms with E-state index in [4.69, 9.17) is 22.7 Å². The van der Waals surface area contributed by atoms with Gasteiger partial charge in [0.15, 0.2) is 0 Å². The molecule has 0 unspecified atom stereocenters. The van der Waals surface area contributed by atoms with Gasteiger partial charge in [0, 0.05) is 13.1 Å². The molecular weight excluding hydrogens is 200 g/mol. The molecule has 2 N–H and O–H groups in total. The van der Waals surface area contributed by atoms with Crippen molar-refractivity contribution in [1.29, 1.82) is 0 Å². The minimum atomic E-state index is -0.000463. The highest BCUT2D eigenvalue weighted by molar-refractivity contribution is 7.80. The number of rotatable bonds is 2. The maximum atomic E-state index is 11.6. The molecule has 0 spiro atoms. The van der Waals surface area contributed by atoms with Crippen LogP contribution < -0.4 is 5.73 Å². The largest absolute Gasteiger partial charge is 0.393 e. The Hall–Kier alpha value is -0.680. The predicted molar refractivity (Wildman–Crippen MR) is 58.0 cm³/mol. The molecule has 0 bridgehead atoms. The van der Waals surface area contributed by atoms with Gasteiger partial charge in [-0.25, -0.2) is 0 Å². The van der Waals surface area contributed by atoms with E-state index in [1.54, 1.807) is 4.90 Å². The third kappa shape index (κ3) is 3.23. The molecule has 14 heavy (non-hydrogen) atoms. The molecule has 5 heteroatoms. The topological polar surface area (TPSA) is 55.6 Å². The number of carbonyl (C=O) groups excluding carboxylic acids is 1. The number of amides is 1. The van der Waals surface area contributed by atoms with Gasteiger partial charge in [0.1, 0.15) is 0 Å². The average molecular weight is 216 g/mol. The fraction of sp³-hybridized carbons (Fsp3) is 0.778. The SMILES string of the molecule is C[C@@H]1CN(C(=O)CC(N)=S)C[C@H](C)O1. The first kappa shape index (κ1) is 11.4. The van der Waals surface area contributed by atoms with Crippen molar-refractivity contribution in [1.82, 2.24) is 4.90 Å². The van der Waals surface area contributed by atoms with Gasteiger partial charge >= 0.3 is 0 Å². The third-order valence-electron chi connectivity index (χ3n) is 2.10. The van der Waals surface area contributed by atoms with Crippen LogP contribution in [-0.2, 0) is 9.53 Å². The summed E-state index contributed by atoms with van der Waals surface area (Å²) >= 11 is 4.70. The lowest BCUT2D eigenvalue weighted by atomic mass is 10.2. The van der Waals surface area contributed by atoms with Crippen molar-refractivity contribution in [2.24, 2.45) is 5.73 Å². The van der Waals surface area contributed by atoms with Gasteiger partial charge in [0.2, 0.25) is 5.91 Å². The fourth-order valence-corrected chi connectivity index (χ4v) is 1.77. The lowest BCUT2D eigenvalue weighted by Gasteiger charge is -2.35. The summed E-state index contributed by atoms with van der Waals surface area (Å²) < 4.78 is 5.51.